The Bertz CT molecular complexity index is 269. The number of benzene rings is 1. The van der Waals surface area contributed by atoms with Gasteiger partial charge in [-0.25, -0.2) is 5.43 Å². The summed E-state index contributed by atoms with van der Waals surface area (Å²) >= 11 is 0. The van der Waals surface area contributed by atoms with E-state index in [0.29, 0.717) is 5.69 Å². The largest absolute Gasteiger partial charge is 0.268 e. The van der Waals surface area contributed by atoms with Crippen molar-refractivity contribution in [3.05, 3.63) is 43.0 Å². The van der Waals surface area contributed by atoms with Crippen LogP contribution in [0.2, 0.25) is 0 Å². The second-order valence-electron chi connectivity index (χ2n) is 2.13. The number of rotatable bonds is 3. The number of para-hydroxylation sites is 1. The Labute approximate surface area is 71.1 Å². The maximum absolute atomic E-state index is 10.7. The lowest BCUT2D eigenvalue weighted by Gasteiger charge is -2.00. The molecule has 61 valence electrons. The first kappa shape index (κ1) is 8.33. The van der Waals surface area contributed by atoms with Gasteiger partial charge in [0.05, 0.1) is 5.69 Å². The molecule has 0 heterocycles. The van der Waals surface area contributed by atoms with E-state index in [-0.39, 0.29) is 5.91 Å². The minimum atomic E-state index is -0.307. The Kier molecular flexibility index (Phi) is 2.90. The Morgan fingerprint density at radius 1 is 1.42 bits per heavy atom. The van der Waals surface area contributed by atoms with E-state index in [1.54, 1.807) is 12.1 Å². The molecule has 0 unspecified atom stereocenters. The normalized spacial score (nSPS) is 8.67. The highest BCUT2D eigenvalue weighted by atomic mass is 16.2. The maximum Gasteiger partial charge on any atom is 0.263 e. The van der Waals surface area contributed by atoms with Crippen LogP contribution in [-0.2, 0) is 4.79 Å². The van der Waals surface area contributed by atoms with Crippen molar-refractivity contribution < 1.29 is 4.79 Å². The molecular formula is C9H9N2O. The molecule has 0 bridgehead atoms. The summed E-state index contributed by atoms with van der Waals surface area (Å²) in [6.45, 7) is 3.30. The minimum Gasteiger partial charge on any atom is -0.268 e. The van der Waals surface area contributed by atoms with Gasteiger partial charge in [0.25, 0.3) is 5.91 Å². The van der Waals surface area contributed by atoms with Gasteiger partial charge in [0.1, 0.15) is 0 Å². The van der Waals surface area contributed by atoms with E-state index in [2.05, 4.69) is 17.4 Å². The fourth-order valence-electron chi connectivity index (χ4n) is 0.668. The third-order valence-electron chi connectivity index (χ3n) is 1.24. The molecule has 12 heavy (non-hydrogen) atoms. The molecule has 1 N–H and O–H groups in total. The average molecular weight is 161 g/mol. The quantitative estimate of drug-likeness (QED) is 0.524. The first-order valence-electron chi connectivity index (χ1n) is 3.51. The molecule has 0 aromatic heterocycles. The zero-order valence-electron chi connectivity index (χ0n) is 6.53. The average Bonchev–Trinajstić information content (AvgIpc) is 2.16. The Hall–Kier alpha value is -1.77. The Balaban J connectivity index is 2.43. The van der Waals surface area contributed by atoms with E-state index in [0.717, 1.165) is 0 Å². The fourth-order valence-corrected chi connectivity index (χ4v) is 0.668. The van der Waals surface area contributed by atoms with Crippen molar-refractivity contribution in [1.82, 2.24) is 10.9 Å². The number of carbonyl (C=O) groups is 1. The van der Waals surface area contributed by atoms with Gasteiger partial charge in [-0.3, -0.25) is 4.79 Å². The van der Waals surface area contributed by atoms with Gasteiger partial charge >= 0.3 is 0 Å². The highest BCUT2D eigenvalue weighted by molar-refractivity contribution is 5.86. The van der Waals surface area contributed by atoms with Gasteiger partial charge in [-0.15, -0.1) is 0 Å². The van der Waals surface area contributed by atoms with Gasteiger partial charge in [0.2, 0.25) is 0 Å². The smallest absolute Gasteiger partial charge is 0.263 e. The molecule has 1 amide bonds. The summed E-state index contributed by atoms with van der Waals surface area (Å²) in [5, 5.41) is 0. The van der Waals surface area contributed by atoms with Gasteiger partial charge in [-0.1, -0.05) is 24.8 Å². The van der Waals surface area contributed by atoms with Gasteiger partial charge in [0.15, 0.2) is 0 Å². The van der Waals surface area contributed by atoms with Crippen LogP contribution in [0.15, 0.2) is 43.0 Å². The predicted molar refractivity (Wildman–Crippen MR) is 46.6 cm³/mol. The van der Waals surface area contributed by atoms with Crippen LogP contribution in [0.25, 0.3) is 0 Å². The van der Waals surface area contributed by atoms with E-state index in [1.165, 1.54) is 6.08 Å². The van der Waals surface area contributed by atoms with Crippen molar-refractivity contribution in [1.29, 1.82) is 0 Å². The van der Waals surface area contributed by atoms with Gasteiger partial charge in [0, 0.05) is 0 Å². The number of nitrogens with zero attached hydrogens (tertiary/aromatic N) is 1. The highest BCUT2D eigenvalue weighted by Gasteiger charge is 1.93. The van der Waals surface area contributed by atoms with Gasteiger partial charge < -0.3 is 0 Å². The molecule has 1 aromatic carbocycles. The van der Waals surface area contributed by atoms with Crippen LogP contribution in [0, 0.1) is 0 Å². The first-order valence-corrected chi connectivity index (χ1v) is 3.51. The van der Waals surface area contributed by atoms with Crippen molar-refractivity contribution >= 4 is 11.6 Å². The monoisotopic (exact) mass is 161 g/mol. The lowest BCUT2D eigenvalue weighted by Crippen LogP contribution is -2.26. The van der Waals surface area contributed by atoms with Crippen molar-refractivity contribution in [3.63, 3.8) is 0 Å². The second-order valence-corrected chi connectivity index (χ2v) is 2.13. The molecule has 0 aliphatic rings. The third kappa shape index (κ3) is 2.46. The summed E-state index contributed by atoms with van der Waals surface area (Å²) in [6.07, 6.45) is 1.17. The molecule has 0 saturated carbocycles. The number of hydrogen-bond acceptors (Lipinski definition) is 1. The van der Waals surface area contributed by atoms with E-state index < -0.39 is 0 Å². The lowest BCUT2D eigenvalue weighted by atomic mass is 10.3. The molecule has 1 rings (SSSR count). The zero-order valence-corrected chi connectivity index (χ0v) is 6.53. The van der Waals surface area contributed by atoms with Crippen molar-refractivity contribution in [2.75, 3.05) is 0 Å². The van der Waals surface area contributed by atoms with E-state index in [1.807, 2.05) is 18.2 Å². The van der Waals surface area contributed by atoms with Crippen LogP contribution >= 0.6 is 0 Å². The number of hydrogen-bond donors (Lipinski definition) is 1. The minimum absolute atomic E-state index is 0.307. The van der Waals surface area contributed by atoms with Gasteiger partial charge in [-0.05, 0) is 18.2 Å². The zero-order chi connectivity index (χ0) is 8.81. The molecule has 0 spiro atoms. The van der Waals surface area contributed by atoms with Crippen LogP contribution < -0.4 is 10.9 Å². The van der Waals surface area contributed by atoms with E-state index >= 15 is 0 Å². The topological polar surface area (TPSA) is 43.2 Å². The fraction of sp³-hybridized carbons (Fsp3) is 0. The lowest BCUT2D eigenvalue weighted by molar-refractivity contribution is -0.117. The van der Waals surface area contributed by atoms with Crippen molar-refractivity contribution in [2.45, 2.75) is 0 Å². The van der Waals surface area contributed by atoms with Crippen LogP contribution in [0.4, 0.5) is 5.69 Å². The summed E-state index contributed by atoms with van der Waals surface area (Å²) in [4.78, 5) is 10.7. The second kappa shape index (κ2) is 4.18. The van der Waals surface area contributed by atoms with Crippen LogP contribution in [0.1, 0.15) is 0 Å². The summed E-state index contributed by atoms with van der Waals surface area (Å²) in [7, 11) is 0. The molecule has 0 saturated heterocycles. The van der Waals surface area contributed by atoms with Crippen LogP contribution in [0.5, 0.6) is 0 Å². The summed E-state index contributed by atoms with van der Waals surface area (Å²) in [5.74, 6) is -0.307. The number of nitrogens with one attached hydrogen (secondary N) is 1. The maximum atomic E-state index is 10.7. The molecule has 3 nitrogen and oxygen atoms in total. The molecule has 0 fully saturated rings. The van der Waals surface area contributed by atoms with Crippen molar-refractivity contribution in [2.24, 2.45) is 0 Å². The van der Waals surface area contributed by atoms with Crippen LogP contribution in [0.3, 0.4) is 0 Å². The summed E-state index contributed by atoms with van der Waals surface area (Å²) in [5.41, 5.74) is 6.84. The molecule has 0 aliphatic heterocycles. The Morgan fingerprint density at radius 3 is 2.67 bits per heavy atom. The summed E-state index contributed by atoms with van der Waals surface area (Å²) in [6, 6.07) is 9.17. The summed E-state index contributed by atoms with van der Waals surface area (Å²) < 4.78 is 0. The number of carbonyl (C=O) groups excluding carboxylic acids is 1. The molecular weight excluding hydrogens is 152 g/mol. The van der Waals surface area contributed by atoms with Crippen molar-refractivity contribution in [3.8, 4) is 0 Å². The van der Waals surface area contributed by atoms with Crippen LogP contribution in [-0.4, -0.2) is 5.91 Å². The SMILES string of the molecule is C=CC(=O)N[N]c1ccccc1. The molecule has 3 heteroatoms. The van der Waals surface area contributed by atoms with Gasteiger partial charge in [-0.2, -0.15) is 5.43 Å². The molecule has 1 aromatic rings. The van der Waals surface area contributed by atoms with E-state index in [9.17, 15) is 4.79 Å². The predicted octanol–water partition coefficient (Wildman–Crippen LogP) is 1.14. The molecule has 0 aliphatic carbocycles. The molecule has 0 atom stereocenters. The standard InChI is InChI=1S/C9H9N2O/c1-2-9(12)11-10-8-6-4-3-5-7-8/h2-7H,1H2,(H,11,12). The Morgan fingerprint density at radius 2 is 2.08 bits per heavy atom. The number of amides is 1. The third-order valence-corrected chi connectivity index (χ3v) is 1.24. The molecule has 1 radical (unpaired) electrons. The van der Waals surface area contributed by atoms with E-state index in [4.69, 9.17) is 0 Å². The highest BCUT2D eigenvalue weighted by Crippen LogP contribution is 2.02. The first-order chi connectivity index (χ1) is 5.83.